The zero-order chi connectivity index (χ0) is 9.47. The van der Waals surface area contributed by atoms with Gasteiger partial charge >= 0.3 is 0 Å². The van der Waals surface area contributed by atoms with Gasteiger partial charge in [-0.3, -0.25) is 0 Å². The fraction of sp³-hybridized carbons (Fsp3) is 0.500. The van der Waals surface area contributed by atoms with E-state index in [1.165, 1.54) is 12.4 Å². The molecule has 0 saturated carbocycles. The molecule has 0 spiro atoms. The lowest BCUT2D eigenvalue weighted by molar-refractivity contribution is 0.0300. The first-order valence-electron chi connectivity index (χ1n) is 4.02. The van der Waals surface area contributed by atoms with Gasteiger partial charge in [0.25, 0.3) is 5.95 Å². The molecule has 1 N–H and O–H groups in total. The third-order valence-corrected chi connectivity index (χ3v) is 2.00. The molecule has 70 valence electrons. The zero-order valence-electron chi connectivity index (χ0n) is 7.24. The monoisotopic (exact) mass is 183 g/mol. The summed E-state index contributed by atoms with van der Waals surface area (Å²) in [6.45, 7) is 2.52. The van der Waals surface area contributed by atoms with Crippen LogP contribution in [0.3, 0.4) is 0 Å². The van der Waals surface area contributed by atoms with E-state index in [1.54, 1.807) is 11.8 Å². The molecule has 4 nitrogen and oxygen atoms in total. The van der Waals surface area contributed by atoms with Crippen molar-refractivity contribution in [2.24, 2.45) is 0 Å². The van der Waals surface area contributed by atoms with Crippen molar-refractivity contribution in [3.8, 4) is 0 Å². The van der Waals surface area contributed by atoms with Crippen LogP contribution in [0.4, 0.5) is 10.2 Å². The van der Waals surface area contributed by atoms with Crippen LogP contribution in [0.25, 0.3) is 0 Å². The van der Waals surface area contributed by atoms with Gasteiger partial charge in [0.1, 0.15) is 0 Å². The number of rotatable bonds is 1. The normalized spacial score (nSPS) is 19.8. The second kappa shape index (κ2) is 2.63. The average molecular weight is 183 g/mol. The molecule has 0 bridgehead atoms. The van der Waals surface area contributed by atoms with E-state index in [2.05, 4.69) is 9.97 Å². The largest absolute Gasteiger partial charge is 0.386 e. The molecule has 2 heterocycles. The van der Waals surface area contributed by atoms with Gasteiger partial charge in [0.2, 0.25) is 0 Å². The minimum absolute atomic E-state index is 0.217. The summed E-state index contributed by atoms with van der Waals surface area (Å²) < 4.78 is 13.0. The molecule has 0 aliphatic carbocycles. The highest BCUT2D eigenvalue weighted by Crippen LogP contribution is 2.26. The Balaban J connectivity index is 2.16. The fourth-order valence-corrected chi connectivity index (χ4v) is 1.45. The number of halogens is 1. The minimum atomic E-state index is -0.718. The first kappa shape index (κ1) is 8.37. The van der Waals surface area contributed by atoms with Crippen LogP contribution >= 0.6 is 0 Å². The van der Waals surface area contributed by atoms with Gasteiger partial charge in [0, 0.05) is 25.5 Å². The topological polar surface area (TPSA) is 49.2 Å². The van der Waals surface area contributed by atoms with E-state index in [-0.39, 0.29) is 5.82 Å². The maximum Gasteiger partial charge on any atom is 0.255 e. The Labute approximate surface area is 75.0 Å². The Hall–Kier alpha value is -1.23. The van der Waals surface area contributed by atoms with E-state index < -0.39 is 11.5 Å². The van der Waals surface area contributed by atoms with Gasteiger partial charge < -0.3 is 10.0 Å². The van der Waals surface area contributed by atoms with E-state index in [4.69, 9.17) is 0 Å². The van der Waals surface area contributed by atoms with Gasteiger partial charge in [-0.25, -0.2) is 9.97 Å². The molecule has 0 atom stereocenters. The third kappa shape index (κ3) is 1.47. The zero-order valence-corrected chi connectivity index (χ0v) is 7.24. The van der Waals surface area contributed by atoms with Crippen molar-refractivity contribution in [3.05, 3.63) is 18.3 Å². The lowest BCUT2D eigenvalue weighted by atomic mass is 9.97. The highest BCUT2D eigenvalue weighted by atomic mass is 19.1. The van der Waals surface area contributed by atoms with Gasteiger partial charge in [-0.1, -0.05) is 0 Å². The van der Waals surface area contributed by atoms with Crippen LogP contribution in [-0.4, -0.2) is 33.8 Å². The molecule has 0 amide bonds. The van der Waals surface area contributed by atoms with Crippen LogP contribution in [0, 0.1) is 5.95 Å². The summed E-state index contributed by atoms with van der Waals surface area (Å²) in [5.41, 5.74) is -0.718. The summed E-state index contributed by atoms with van der Waals surface area (Å²) in [6, 6.07) is 0. The molecule has 0 unspecified atom stereocenters. The summed E-state index contributed by atoms with van der Waals surface area (Å²) in [7, 11) is 0. The van der Waals surface area contributed by atoms with Crippen molar-refractivity contribution in [1.82, 2.24) is 9.97 Å². The summed E-state index contributed by atoms with van der Waals surface area (Å²) in [6.07, 6.45) is 2.74. The second-order valence-corrected chi connectivity index (χ2v) is 3.52. The first-order valence-corrected chi connectivity index (χ1v) is 4.02. The van der Waals surface area contributed by atoms with Gasteiger partial charge in [0.15, 0.2) is 5.82 Å². The van der Waals surface area contributed by atoms with Crippen LogP contribution in [0.5, 0.6) is 0 Å². The summed E-state index contributed by atoms with van der Waals surface area (Å²) >= 11 is 0. The first-order chi connectivity index (χ1) is 6.08. The van der Waals surface area contributed by atoms with E-state index in [0.717, 1.165) is 0 Å². The smallest absolute Gasteiger partial charge is 0.255 e. The highest BCUT2D eigenvalue weighted by Gasteiger charge is 2.38. The lowest BCUT2D eigenvalue weighted by Gasteiger charge is -2.44. The molecule has 5 heteroatoms. The Bertz CT molecular complexity index is 321. The van der Waals surface area contributed by atoms with Crippen LogP contribution < -0.4 is 4.90 Å². The summed E-state index contributed by atoms with van der Waals surface area (Å²) in [5, 5.41) is 9.42. The number of aromatic nitrogens is 2. The lowest BCUT2D eigenvalue weighted by Crippen LogP contribution is -2.60. The van der Waals surface area contributed by atoms with E-state index >= 15 is 0 Å². The van der Waals surface area contributed by atoms with Crippen molar-refractivity contribution < 1.29 is 9.50 Å². The number of β-amino-alcohol motifs (C(OH)–C–C–N with tert-alkyl or cyclic N) is 1. The second-order valence-electron chi connectivity index (χ2n) is 3.52. The van der Waals surface area contributed by atoms with Crippen molar-refractivity contribution >= 4 is 5.82 Å². The maximum atomic E-state index is 13.0. The van der Waals surface area contributed by atoms with Crippen LogP contribution in [-0.2, 0) is 0 Å². The molecule has 1 aliphatic heterocycles. The third-order valence-electron chi connectivity index (χ3n) is 2.00. The van der Waals surface area contributed by atoms with Crippen molar-refractivity contribution in [3.63, 3.8) is 0 Å². The molecule has 2 rings (SSSR count). The average Bonchev–Trinajstić information content (AvgIpc) is 2.01. The SMILES string of the molecule is CC1(O)CN(c2nccnc2F)C1. The molecule has 0 aromatic carbocycles. The van der Waals surface area contributed by atoms with E-state index in [1.807, 2.05) is 0 Å². The predicted molar refractivity (Wildman–Crippen MR) is 44.8 cm³/mol. The number of hydrogen-bond acceptors (Lipinski definition) is 4. The summed E-state index contributed by atoms with van der Waals surface area (Å²) in [5.74, 6) is -0.368. The number of hydrogen-bond donors (Lipinski definition) is 1. The Morgan fingerprint density at radius 2 is 2.08 bits per heavy atom. The van der Waals surface area contributed by atoms with Crippen molar-refractivity contribution in [2.75, 3.05) is 18.0 Å². The molecule has 1 aromatic heterocycles. The molecular formula is C8H10FN3O. The summed E-state index contributed by atoms with van der Waals surface area (Å²) in [4.78, 5) is 8.98. The molecule has 1 fully saturated rings. The van der Waals surface area contributed by atoms with Gasteiger partial charge in [-0.05, 0) is 6.92 Å². The Morgan fingerprint density at radius 3 is 2.62 bits per heavy atom. The Kier molecular flexibility index (Phi) is 1.69. The van der Waals surface area contributed by atoms with Gasteiger partial charge in [-0.2, -0.15) is 4.39 Å². The number of aliphatic hydroxyl groups is 1. The van der Waals surface area contributed by atoms with Crippen molar-refractivity contribution in [2.45, 2.75) is 12.5 Å². The molecule has 0 radical (unpaired) electrons. The molecule has 1 saturated heterocycles. The number of anilines is 1. The molecular weight excluding hydrogens is 173 g/mol. The quantitative estimate of drug-likeness (QED) is 0.675. The van der Waals surface area contributed by atoms with E-state index in [0.29, 0.717) is 13.1 Å². The predicted octanol–water partition coefficient (Wildman–Crippen LogP) is 0.187. The van der Waals surface area contributed by atoms with Crippen LogP contribution in [0.2, 0.25) is 0 Å². The Morgan fingerprint density at radius 1 is 1.46 bits per heavy atom. The number of nitrogens with zero attached hydrogens (tertiary/aromatic N) is 3. The van der Waals surface area contributed by atoms with Crippen LogP contribution in [0.1, 0.15) is 6.92 Å². The van der Waals surface area contributed by atoms with Crippen LogP contribution in [0.15, 0.2) is 12.4 Å². The van der Waals surface area contributed by atoms with Crippen molar-refractivity contribution in [1.29, 1.82) is 0 Å². The standard InChI is InChI=1S/C8H10FN3O/c1-8(13)4-12(5-8)7-6(9)10-2-3-11-7/h2-3,13H,4-5H2,1H3. The maximum absolute atomic E-state index is 13.0. The molecule has 1 aliphatic rings. The minimum Gasteiger partial charge on any atom is -0.386 e. The molecule has 1 aromatic rings. The van der Waals surface area contributed by atoms with Gasteiger partial charge in [-0.15, -0.1) is 0 Å². The molecule has 13 heavy (non-hydrogen) atoms. The van der Waals surface area contributed by atoms with Gasteiger partial charge in [0.05, 0.1) is 5.60 Å². The van der Waals surface area contributed by atoms with E-state index in [9.17, 15) is 9.50 Å². The highest BCUT2D eigenvalue weighted by molar-refractivity contribution is 5.42. The fourth-order valence-electron chi connectivity index (χ4n) is 1.45.